The first kappa shape index (κ1) is 18.0. The average molecular weight is 348 g/mol. The van der Waals surface area contributed by atoms with Crippen LogP contribution in [0.4, 0.5) is 4.39 Å². The van der Waals surface area contributed by atoms with Gasteiger partial charge in [-0.1, -0.05) is 12.1 Å². The molecule has 2 heterocycles. The van der Waals surface area contributed by atoms with Gasteiger partial charge in [0.25, 0.3) is 0 Å². The maximum Gasteiger partial charge on any atom is 0.132 e. The van der Waals surface area contributed by atoms with E-state index < -0.39 is 5.60 Å². The predicted octanol–water partition coefficient (Wildman–Crippen LogP) is 1.39. The zero-order valence-corrected chi connectivity index (χ0v) is 14.5. The second kappa shape index (κ2) is 8.05. The average Bonchev–Trinajstić information content (AvgIpc) is 3.04. The van der Waals surface area contributed by atoms with Gasteiger partial charge in [-0.2, -0.15) is 5.10 Å². The summed E-state index contributed by atoms with van der Waals surface area (Å²) in [5.74, 6) is -0.285. The molecule has 6 nitrogen and oxygen atoms in total. The summed E-state index contributed by atoms with van der Waals surface area (Å²) in [4.78, 5) is 2.20. The molecular weight excluding hydrogens is 323 g/mol. The van der Waals surface area contributed by atoms with Crippen LogP contribution in [0.15, 0.2) is 30.5 Å². The molecule has 25 heavy (non-hydrogen) atoms. The van der Waals surface area contributed by atoms with Crippen molar-refractivity contribution in [3.05, 3.63) is 41.8 Å². The summed E-state index contributed by atoms with van der Waals surface area (Å²) in [5, 5.41) is 20.7. The molecule has 3 N–H and O–H groups in total. The normalized spacial score (nSPS) is 18.2. The van der Waals surface area contributed by atoms with Gasteiger partial charge in [0.15, 0.2) is 0 Å². The van der Waals surface area contributed by atoms with E-state index in [4.69, 9.17) is 4.74 Å². The maximum absolute atomic E-state index is 14.0. The van der Waals surface area contributed by atoms with Gasteiger partial charge >= 0.3 is 0 Å². The highest BCUT2D eigenvalue weighted by Crippen LogP contribution is 2.23. The van der Waals surface area contributed by atoms with Gasteiger partial charge in [0.05, 0.1) is 30.7 Å². The maximum atomic E-state index is 14.0. The van der Waals surface area contributed by atoms with E-state index in [1.165, 1.54) is 6.07 Å². The summed E-state index contributed by atoms with van der Waals surface area (Å²) in [6.45, 7) is 6.46. The third-order valence-corrected chi connectivity index (χ3v) is 4.35. The van der Waals surface area contributed by atoms with Gasteiger partial charge in [0.2, 0.25) is 0 Å². The lowest BCUT2D eigenvalue weighted by molar-refractivity contribution is -0.0219. The zero-order valence-electron chi connectivity index (χ0n) is 14.5. The minimum atomic E-state index is -0.848. The number of benzene rings is 1. The molecule has 0 saturated carbocycles. The van der Waals surface area contributed by atoms with Crippen LogP contribution in [0.3, 0.4) is 0 Å². The lowest BCUT2D eigenvalue weighted by atomic mass is 10.1. The molecule has 2 aromatic rings. The van der Waals surface area contributed by atoms with Crippen molar-refractivity contribution in [2.24, 2.45) is 0 Å². The molecule has 1 unspecified atom stereocenters. The zero-order chi connectivity index (χ0) is 17.7. The molecule has 0 aliphatic carbocycles. The molecule has 1 saturated heterocycles. The first-order valence-corrected chi connectivity index (χ1v) is 8.55. The van der Waals surface area contributed by atoms with Crippen LogP contribution < -0.4 is 5.32 Å². The van der Waals surface area contributed by atoms with E-state index in [0.29, 0.717) is 44.1 Å². The fourth-order valence-electron chi connectivity index (χ4n) is 3.11. The molecule has 1 atom stereocenters. The quantitative estimate of drug-likeness (QED) is 0.705. The Morgan fingerprint density at radius 3 is 2.88 bits per heavy atom. The molecule has 1 fully saturated rings. The van der Waals surface area contributed by atoms with Crippen molar-refractivity contribution in [2.75, 3.05) is 39.4 Å². The van der Waals surface area contributed by atoms with Crippen LogP contribution in [0.25, 0.3) is 11.3 Å². The summed E-state index contributed by atoms with van der Waals surface area (Å²) >= 11 is 0. The second-order valence-electron chi connectivity index (χ2n) is 6.74. The predicted molar refractivity (Wildman–Crippen MR) is 93.6 cm³/mol. The summed E-state index contributed by atoms with van der Waals surface area (Å²) in [6.07, 6.45) is 1.69. The number of ether oxygens (including phenoxy) is 1. The molecule has 3 rings (SSSR count). The van der Waals surface area contributed by atoms with Crippen molar-refractivity contribution in [3.8, 4) is 11.3 Å². The van der Waals surface area contributed by atoms with Gasteiger partial charge in [-0.15, -0.1) is 0 Å². The van der Waals surface area contributed by atoms with Crippen molar-refractivity contribution in [2.45, 2.75) is 19.1 Å². The van der Waals surface area contributed by atoms with E-state index in [1.54, 1.807) is 24.4 Å². The van der Waals surface area contributed by atoms with Gasteiger partial charge in [-0.3, -0.25) is 10.00 Å². The van der Waals surface area contributed by atoms with Crippen molar-refractivity contribution in [3.63, 3.8) is 0 Å². The smallest absolute Gasteiger partial charge is 0.132 e. The summed E-state index contributed by atoms with van der Waals surface area (Å²) in [6, 6.07) is 6.61. The number of hydrogen-bond donors (Lipinski definition) is 3. The lowest BCUT2D eigenvalue weighted by Gasteiger charge is -2.34. The number of hydrogen-bond acceptors (Lipinski definition) is 5. The van der Waals surface area contributed by atoms with Gasteiger partial charge in [0.1, 0.15) is 5.82 Å². The number of aromatic nitrogens is 2. The minimum Gasteiger partial charge on any atom is -0.388 e. The highest BCUT2D eigenvalue weighted by Gasteiger charge is 2.25. The number of nitrogens with zero attached hydrogens (tertiary/aromatic N) is 2. The first-order valence-electron chi connectivity index (χ1n) is 8.55. The van der Waals surface area contributed by atoms with E-state index in [1.807, 2.05) is 6.92 Å². The molecule has 0 bridgehead atoms. The Labute approximate surface area is 147 Å². The van der Waals surface area contributed by atoms with Gasteiger partial charge in [-0.25, -0.2) is 4.39 Å². The molecule has 1 aromatic heterocycles. The SMILES string of the molecule is CC(O)(CNCc1cn[nH]c1-c1ccccc1F)CN1CCOCC1. The molecular formula is C18H25FN4O2. The lowest BCUT2D eigenvalue weighted by Crippen LogP contribution is -2.50. The summed E-state index contributed by atoms with van der Waals surface area (Å²) in [7, 11) is 0. The number of H-pyrrole nitrogens is 1. The van der Waals surface area contributed by atoms with Crippen LogP contribution in [0.2, 0.25) is 0 Å². The van der Waals surface area contributed by atoms with E-state index in [9.17, 15) is 9.50 Å². The number of morpholine rings is 1. The van der Waals surface area contributed by atoms with E-state index in [2.05, 4.69) is 20.4 Å². The summed E-state index contributed by atoms with van der Waals surface area (Å²) < 4.78 is 19.3. The number of rotatable bonds is 7. The largest absolute Gasteiger partial charge is 0.388 e. The Morgan fingerprint density at radius 2 is 2.12 bits per heavy atom. The molecule has 136 valence electrons. The van der Waals surface area contributed by atoms with Crippen LogP contribution in [-0.2, 0) is 11.3 Å². The van der Waals surface area contributed by atoms with Crippen molar-refractivity contribution in [1.29, 1.82) is 0 Å². The van der Waals surface area contributed by atoms with Gasteiger partial charge in [-0.05, 0) is 19.1 Å². The highest BCUT2D eigenvalue weighted by atomic mass is 19.1. The highest BCUT2D eigenvalue weighted by molar-refractivity contribution is 5.63. The molecule has 0 amide bonds. The van der Waals surface area contributed by atoms with Gasteiger partial charge in [0, 0.05) is 43.9 Å². The fourth-order valence-corrected chi connectivity index (χ4v) is 3.11. The van der Waals surface area contributed by atoms with Crippen molar-refractivity contribution in [1.82, 2.24) is 20.4 Å². The Morgan fingerprint density at radius 1 is 1.36 bits per heavy atom. The van der Waals surface area contributed by atoms with Crippen LogP contribution in [-0.4, -0.2) is 65.2 Å². The molecule has 1 aromatic carbocycles. The standard InChI is InChI=1S/C18H25FN4O2/c1-18(24,13-23-6-8-25-9-7-23)12-20-10-14-11-21-22-17(14)15-4-2-3-5-16(15)19/h2-5,11,20,24H,6-10,12-13H2,1H3,(H,21,22). The minimum absolute atomic E-state index is 0.285. The summed E-state index contributed by atoms with van der Waals surface area (Å²) in [5.41, 5.74) is 1.18. The Bertz CT molecular complexity index is 683. The number of β-amino-alcohol motifs (C(OH)–C–C–N with tert-alkyl or cyclic N) is 1. The van der Waals surface area contributed by atoms with Crippen LogP contribution >= 0.6 is 0 Å². The first-order chi connectivity index (χ1) is 12.1. The van der Waals surface area contributed by atoms with E-state index in [0.717, 1.165) is 18.7 Å². The third-order valence-electron chi connectivity index (χ3n) is 4.35. The molecule has 1 aliphatic rings. The third kappa shape index (κ3) is 4.85. The Balaban J connectivity index is 1.56. The molecule has 0 radical (unpaired) electrons. The van der Waals surface area contributed by atoms with E-state index >= 15 is 0 Å². The van der Waals surface area contributed by atoms with Gasteiger partial charge < -0.3 is 15.2 Å². The number of nitrogens with one attached hydrogen (secondary N) is 2. The van der Waals surface area contributed by atoms with Crippen LogP contribution in [0, 0.1) is 5.82 Å². The number of halogens is 1. The topological polar surface area (TPSA) is 73.4 Å². The molecule has 7 heteroatoms. The number of aromatic amines is 1. The van der Waals surface area contributed by atoms with E-state index in [-0.39, 0.29) is 5.82 Å². The molecule has 0 spiro atoms. The Kier molecular flexibility index (Phi) is 5.80. The van der Waals surface area contributed by atoms with Crippen LogP contribution in [0.5, 0.6) is 0 Å². The molecule has 1 aliphatic heterocycles. The second-order valence-corrected chi connectivity index (χ2v) is 6.74. The monoisotopic (exact) mass is 348 g/mol. The number of aliphatic hydroxyl groups is 1. The van der Waals surface area contributed by atoms with Crippen molar-refractivity contribution < 1.29 is 14.2 Å². The van der Waals surface area contributed by atoms with Crippen molar-refractivity contribution >= 4 is 0 Å². The fraction of sp³-hybridized carbons (Fsp3) is 0.500. The Hall–Kier alpha value is -1.80. The van der Waals surface area contributed by atoms with Crippen LogP contribution in [0.1, 0.15) is 12.5 Å².